The average molecular weight is 328 g/mol. The molecular weight excluding hydrogens is 308 g/mol. The van der Waals surface area contributed by atoms with Crippen molar-refractivity contribution in [1.29, 1.82) is 0 Å². The maximum Gasteiger partial charge on any atom is 0.244 e. The van der Waals surface area contributed by atoms with Crippen LogP contribution in [0.5, 0.6) is 0 Å². The summed E-state index contributed by atoms with van der Waals surface area (Å²) in [7, 11) is -3.49. The second-order valence-electron chi connectivity index (χ2n) is 5.28. The van der Waals surface area contributed by atoms with Gasteiger partial charge in [0.2, 0.25) is 10.0 Å². The SMILES string of the molecule is CC(C)N1CCN(S(=O)(=O)c2ccc(C(N)=S)nc2)CC1. The van der Waals surface area contributed by atoms with Crippen LogP contribution in [0.3, 0.4) is 0 Å². The number of thiocarbonyl (C=S) groups is 1. The molecule has 21 heavy (non-hydrogen) atoms. The molecule has 0 radical (unpaired) electrons. The zero-order valence-corrected chi connectivity index (χ0v) is 13.8. The number of sulfonamides is 1. The van der Waals surface area contributed by atoms with Crippen molar-refractivity contribution in [3.8, 4) is 0 Å². The number of hydrogen-bond donors (Lipinski definition) is 1. The molecule has 0 bridgehead atoms. The molecule has 0 saturated carbocycles. The summed E-state index contributed by atoms with van der Waals surface area (Å²) in [6.07, 6.45) is 1.32. The van der Waals surface area contributed by atoms with Gasteiger partial charge in [-0.05, 0) is 26.0 Å². The lowest BCUT2D eigenvalue weighted by atomic mass is 10.3. The van der Waals surface area contributed by atoms with Gasteiger partial charge in [-0.15, -0.1) is 0 Å². The van der Waals surface area contributed by atoms with Crippen LogP contribution < -0.4 is 5.73 Å². The predicted molar refractivity (Wildman–Crippen MR) is 85.6 cm³/mol. The largest absolute Gasteiger partial charge is 0.388 e. The van der Waals surface area contributed by atoms with Crippen molar-refractivity contribution in [3.05, 3.63) is 24.0 Å². The lowest BCUT2D eigenvalue weighted by molar-refractivity contribution is 0.154. The molecule has 1 aliphatic rings. The van der Waals surface area contributed by atoms with E-state index >= 15 is 0 Å². The maximum atomic E-state index is 12.5. The molecule has 6 nitrogen and oxygen atoms in total. The van der Waals surface area contributed by atoms with Crippen LogP contribution in [0.2, 0.25) is 0 Å². The van der Waals surface area contributed by atoms with Gasteiger partial charge in [-0.25, -0.2) is 8.42 Å². The molecule has 0 spiro atoms. The van der Waals surface area contributed by atoms with E-state index in [0.29, 0.717) is 24.8 Å². The average Bonchev–Trinajstić information content (AvgIpc) is 2.47. The standard InChI is InChI=1S/C13H20N4O2S2/c1-10(2)16-5-7-17(8-6-16)21(18,19)11-3-4-12(13(14)20)15-9-11/h3-4,9-10H,5-8H2,1-2H3,(H2,14,20). The van der Waals surface area contributed by atoms with Crippen molar-refractivity contribution in [1.82, 2.24) is 14.2 Å². The Bertz CT molecular complexity index is 606. The van der Waals surface area contributed by atoms with Gasteiger partial charge in [-0.3, -0.25) is 9.88 Å². The molecule has 1 fully saturated rings. The van der Waals surface area contributed by atoms with Crippen LogP contribution in [0.1, 0.15) is 19.5 Å². The number of pyridine rings is 1. The van der Waals surface area contributed by atoms with E-state index in [0.717, 1.165) is 13.1 Å². The number of nitrogens with zero attached hydrogens (tertiary/aromatic N) is 3. The van der Waals surface area contributed by atoms with Gasteiger partial charge in [0, 0.05) is 38.4 Å². The highest BCUT2D eigenvalue weighted by atomic mass is 32.2. The van der Waals surface area contributed by atoms with E-state index in [2.05, 4.69) is 23.7 Å². The predicted octanol–water partition coefficient (Wildman–Crippen LogP) is 0.431. The third kappa shape index (κ3) is 3.57. The Balaban J connectivity index is 2.13. The molecule has 116 valence electrons. The van der Waals surface area contributed by atoms with Crippen molar-refractivity contribution < 1.29 is 8.42 Å². The minimum Gasteiger partial charge on any atom is -0.388 e. The van der Waals surface area contributed by atoms with Crippen molar-refractivity contribution in [2.75, 3.05) is 26.2 Å². The number of rotatable bonds is 4. The van der Waals surface area contributed by atoms with Crippen LogP contribution in [0.4, 0.5) is 0 Å². The molecule has 0 aromatic carbocycles. The summed E-state index contributed by atoms with van der Waals surface area (Å²) in [5, 5.41) is 0. The van der Waals surface area contributed by atoms with Crippen LogP contribution >= 0.6 is 12.2 Å². The molecule has 0 aliphatic carbocycles. The Hall–Kier alpha value is -1.09. The molecule has 8 heteroatoms. The Kier molecular flexibility index (Phi) is 4.92. The second-order valence-corrected chi connectivity index (χ2v) is 7.65. The monoisotopic (exact) mass is 328 g/mol. The highest BCUT2D eigenvalue weighted by Crippen LogP contribution is 2.17. The zero-order chi connectivity index (χ0) is 15.6. The minimum absolute atomic E-state index is 0.157. The van der Waals surface area contributed by atoms with Gasteiger partial charge in [-0.2, -0.15) is 4.31 Å². The third-order valence-electron chi connectivity index (χ3n) is 3.63. The molecule has 2 rings (SSSR count). The van der Waals surface area contributed by atoms with E-state index in [1.54, 1.807) is 6.07 Å². The van der Waals surface area contributed by atoms with Gasteiger partial charge in [0.25, 0.3) is 0 Å². The second kappa shape index (κ2) is 6.35. The van der Waals surface area contributed by atoms with E-state index in [4.69, 9.17) is 18.0 Å². The Morgan fingerprint density at radius 3 is 2.33 bits per heavy atom. The number of hydrogen-bond acceptors (Lipinski definition) is 5. The summed E-state index contributed by atoms with van der Waals surface area (Å²) in [6, 6.07) is 3.48. The topological polar surface area (TPSA) is 79.5 Å². The Labute approximate surface area is 131 Å². The summed E-state index contributed by atoms with van der Waals surface area (Å²) in [4.78, 5) is 6.60. The van der Waals surface area contributed by atoms with Crippen LogP contribution in [0.25, 0.3) is 0 Å². The molecule has 0 amide bonds. The molecule has 0 unspecified atom stereocenters. The Morgan fingerprint density at radius 1 is 1.29 bits per heavy atom. The summed E-state index contributed by atoms with van der Waals surface area (Å²) in [5.41, 5.74) is 5.89. The molecule has 1 aliphatic heterocycles. The van der Waals surface area contributed by atoms with E-state index in [1.807, 2.05) is 0 Å². The highest BCUT2D eigenvalue weighted by molar-refractivity contribution is 7.89. The first kappa shape index (κ1) is 16.3. The summed E-state index contributed by atoms with van der Waals surface area (Å²) in [5.74, 6) is 0. The lowest BCUT2D eigenvalue weighted by Crippen LogP contribution is -2.50. The van der Waals surface area contributed by atoms with Gasteiger partial charge >= 0.3 is 0 Å². The molecule has 2 N–H and O–H groups in total. The first-order valence-electron chi connectivity index (χ1n) is 6.82. The van der Waals surface area contributed by atoms with E-state index < -0.39 is 10.0 Å². The van der Waals surface area contributed by atoms with E-state index in [1.165, 1.54) is 16.6 Å². The zero-order valence-electron chi connectivity index (χ0n) is 12.2. The van der Waals surface area contributed by atoms with Gasteiger partial charge < -0.3 is 5.73 Å². The molecule has 0 atom stereocenters. The fourth-order valence-electron chi connectivity index (χ4n) is 2.29. The third-order valence-corrected chi connectivity index (χ3v) is 5.72. The van der Waals surface area contributed by atoms with Gasteiger partial charge in [0.1, 0.15) is 9.88 Å². The first-order chi connectivity index (χ1) is 9.82. The van der Waals surface area contributed by atoms with Crippen molar-refractivity contribution >= 4 is 27.2 Å². The Morgan fingerprint density at radius 2 is 1.90 bits per heavy atom. The van der Waals surface area contributed by atoms with Crippen LogP contribution in [0.15, 0.2) is 23.2 Å². The van der Waals surface area contributed by atoms with Crippen LogP contribution in [-0.2, 0) is 10.0 Å². The quantitative estimate of drug-likeness (QED) is 0.808. The first-order valence-corrected chi connectivity index (χ1v) is 8.67. The van der Waals surface area contributed by atoms with Crippen molar-refractivity contribution in [2.24, 2.45) is 5.73 Å². The normalized spacial score (nSPS) is 18.0. The van der Waals surface area contributed by atoms with E-state index in [9.17, 15) is 8.42 Å². The molecule has 1 saturated heterocycles. The van der Waals surface area contributed by atoms with Crippen molar-refractivity contribution in [2.45, 2.75) is 24.8 Å². The number of nitrogens with two attached hydrogens (primary N) is 1. The molecule has 1 aromatic rings. The van der Waals surface area contributed by atoms with Crippen LogP contribution in [0, 0.1) is 0 Å². The summed E-state index contributed by atoms with van der Waals surface area (Å²) < 4.78 is 26.6. The highest BCUT2D eigenvalue weighted by Gasteiger charge is 2.29. The fourth-order valence-corrected chi connectivity index (χ4v) is 3.78. The van der Waals surface area contributed by atoms with Crippen molar-refractivity contribution in [3.63, 3.8) is 0 Å². The van der Waals surface area contributed by atoms with Gasteiger partial charge in [-0.1, -0.05) is 12.2 Å². The summed E-state index contributed by atoms with van der Waals surface area (Å²) in [6.45, 7) is 6.71. The van der Waals surface area contributed by atoms with Crippen LogP contribution in [-0.4, -0.2) is 59.8 Å². The fraction of sp³-hybridized carbons (Fsp3) is 0.538. The lowest BCUT2D eigenvalue weighted by Gasteiger charge is -2.36. The maximum absolute atomic E-state index is 12.5. The number of piperazine rings is 1. The minimum atomic E-state index is -3.49. The molecule has 1 aromatic heterocycles. The van der Waals surface area contributed by atoms with Gasteiger partial charge in [0.05, 0.1) is 5.69 Å². The summed E-state index contributed by atoms with van der Waals surface area (Å²) >= 11 is 4.81. The smallest absolute Gasteiger partial charge is 0.244 e. The van der Waals surface area contributed by atoms with Gasteiger partial charge in [0.15, 0.2) is 0 Å². The molecular formula is C13H20N4O2S2. The molecule has 2 heterocycles. The van der Waals surface area contributed by atoms with E-state index in [-0.39, 0.29) is 9.88 Å². The number of aromatic nitrogens is 1.